The molecule has 2 aliphatic rings. The van der Waals surface area contributed by atoms with Crippen LogP contribution in [0.4, 0.5) is 5.69 Å². The van der Waals surface area contributed by atoms with Crippen molar-refractivity contribution in [1.29, 1.82) is 0 Å². The Labute approximate surface area is 176 Å². The number of piperazine rings is 1. The molecule has 3 rings (SSSR count). The summed E-state index contributed by atoms with van der Waals surface area (Å²) in [6.07, 6.45) is 3.46. The van der Waals surface area contributed by atoms with E-state index < -0.39 is 0 Å². The Morgan fingerprint density at radius 1 is 0.929 bits per heavy atom. The van der Waals surface area contributed by atoms with E-state index in [2.05, 4.69) is 15.1 Å². The Kier molecular flexibility index (Phi) is 7.57. The van der Waals surface area contributed by atoms with E-state index in [0.717, 1.165) is 57.7 Å². The average Bonchev–Trinajstić information content (AvgIpc) is 2.70. The first-order valence-corrected chi connectivity index (χ1v) is 10.7. The van der Waals surface area contributed by atoms with E-state index in [1.54, 1.807) is 6.07 Å². The van der Waals surface area contributed by atoms with Crippen molar-refractivity contribution in [3.8, 4) is 0 Å². The number of benzene rings is 1. The van der Waals surface area contributed by atoms with Crippen LogP contribution in [0, 0.1) is 6.92 Å². The Bertz CT molecular complexity index is 714. The van der Waals surface area contributed by atoms with E-state index in [1.165, 1.54) is 6.42 Å². The van der Waals surface area contributed by atoms with Crippen molar-refractivity contribution in [1.82, 2.24) is 14.7 Å². The van der Waals surface area contributed by atoms with Crippen LogP contribution < -0.4 is 5.32 Å². The zero-order valence-corrected chi connectivity index (χ0v) is 17.9. The fourth-order valence-corrected chi connectivity index (χ4v) is 4.16. The van der Waals surface area contributed by atoms with Crippen LogP contribution in [0.2, 0.25) is 10.0 Å². The first-order valence-electron chi connectivity index (χ1n) is 9.91. The van der Waals surface area contributed by atoms with Gasteiger partial charge in [0.1, 0.15) is 0 Å². The van der Waals surface area contributed by atoms with Gasteiger partial charge in [0.15, 0.2) is 0 Å². The SMILES string of the molecule is Cc1ccc(Cl)c(NC(=O)CN2CCN(CC(=O)N3CCCCC3)CC2)c1Cl. The minimum atomic E-state index is -0.132. The van der Waals surface area contributed by atoms with Gasteiger partial charge >= 0.3 is 0 Å². The molecule has 0 aliphatic carbocycles. The highest BCUT2D eigenvalue weighted by Gasteiger charge is 2.24. The molecule has 0 radical (unpaired) electrons. The molecular formula is C20H28Cl2N4O2. The molecule has 28 heavy (non-hydrogen) atoms. The number of rotatable bonds is 5. The highest BCUT2D eigenvalue weighted by molar-refractivity contribution is 6.40. The predicted molar refractivity (Wildman–Crippen MR) is 113 cm³/mol. The van der Waals surface area contributed by atoms with Gasteiger partial charge in [-0.2, -0.15) is 0 Å². The Hall–Kier alpha value is -1.34. The van der Waals surface area contributed by atoms with Crippen molar-refractivity contribution in [3.63, 3.8) is 0 Å². The summed E-state index contributed by atoms with van der Waals surface area (Å²) in [5.41, 5.74) is 1.34. The molecule has 0 saturated carbocycles. The normalized spacial score (nSPS) is 18.9. The maximum atomic E-state index is 12.4. The van der Waals surface area contributed by atoms with Gasteiger partial charge in [-0.3, -0.25) is 19.4 Å². The van der Waals surface area contributed by atoms with E-state index in [9.17, 15) is 9.59 Å². The highest BCUT2D eigenvalue weighted by Crippen LogP contribution is 2.32. The molecule has 1 aromatic carbocycles. The fourth-order valence-electron chi connectivity index (χ4n) is 3.69. The lowest BCUT2D eigenvalue weighted by Crippen LogP contribution is -2.51. The summed E-state index contributed by atoms with van der Waals surface area (Å²) in [5.74, 6) is 0.0990. The number of carbonyl (C=O) groups is 2. The second kappa shape index (κ2) is 9.92. The topological polar surface area (TPSA) is 55.9 Å². The molecule has 0 aromatic heterocycles. The summed E-state index contributed by atoms with van der Waals surface area (Å²) < 4.78 is 0. The Morgan fingerprint density at radius 2 is 1.54 bits per heavy atom. The maximum absolute atomic E-state index is 12.4. The third kappa shape index (κ3) is 5.60. The van der Waals surface area contributed by atoms with Crippen LogP contribution in [-0.2, 0) is 9.59 Å². The molecule has 0 bridgehead atoms. The summed E-state index contributed by atoms with van der Waals surface area (Å²) in [6.45, 7) is 7.53. The van der Waals surface area contributed by atoms with Crippen molar-refractivity contribution >= 4 is 40.7 Å². The fraction of sp³-hybridized carbons (Fsp3) is 0.600. The van der Waals surface area contributed by atoms with Gasteiger partial charge in [-0.1, -0.05) is 29.3 Å². The van der Waals surface area contributed by atoms with Crippen LogP contribution in [0.3, 0.4) is 0 Å². The molecule has 0 unspecified atom stereocenters. The molecular weight excluding hydrogens is 399 g/mol. The maximum Gasteiger partial charge on any atom is 0.238 e. The first-order chi connectivity index (χ1) is 13.4. The first kappa shape index (κ1) is 21.4. The summed E-state index contributed by atoms with van der Waals surface area (Å²) in [5, 5.41) is 3.74. The molecule has 154 valence electrons. The minimum absolute atomic E-state index is 0.132. The highest BCUT2D eigenvalue weighted by atomic mass is 35.5. The third-order valence-corrected chi connectivity index (χ3v) is 6.25. The average molecular weight is 427 g/mol. The molecule has 2 heterocycles. The molecule has 0 spiro atoms. The van der Waals surface area contributed by atoms with Crippen molar-refractivity contribution in [2.24, 2.45) is 0 Å². The van der Waals surface area contributed by atoms with Crippen LogP contribution >= 0.6 is 23.2 Å². The van der Waals surface area contributed by atoms with E-state index in [4.69, 9.17) is 23.2 Å². The molecule has 0 atom stereocenters. The van der Waals surface area contributed by atoms with Gasteiger partial charge in [0, 0.05) is 39.3 Å². The van der Waals surface area contributed by atoms with Crippen LogP contribution in [0.5, 0.6) is 0 Å². The van der Waals surface area contributed by atoms with Crippen molar-refractivity contribution < 1.29 is 9.59 Å². The number of hydrogen-bond donors (Lipinski definition) is 1. The summed E-state index contributed by atoms with van der Waals surface area (Å²) in [6, 6.07) is 3.56. The Balaban J connectivity index is 1.43. The number of carbonyl (C=O) groups excluding carboxylic acids is 2. The summed E-state index contributed by atoms with van der Waals surface area (Å²) in [7, 11) is 0. The van der Waals surface area contributed by atoms with Crippen LogP contribution in [0.1, 0.15) is 24.8 Å². The largest absolute Gasteiger partial charge is 0.342 e. The van der Waals surface area contributed by atoms with Crippen LogP contribution in [0.15, 0.2) is 12.1 Å². The smallest absolute Gasteiger partial charge is 0.238 e. The third-order valence-electron chi connectivity index (χ3n) is 5.45. The molecule has 1 N–H and O–H groups in total. The molecule has 2 saturated heterocycles. The number of likely N-dealkylation sites (tertiary alicyclic amines) is 1. The Morgan fingerprint density at radius 3 is 2.18 bits per heavy atom. The molecule has 8 heteroatoms. The molecule has 6 nitrogen and oxygen atoms in total. The second-order valence-corrected chi connectivity index (χ2v) is 8.38. The summed E-state index contributed by atoms with van der Waals surface area (Å²) in [4.78, 5) is 31.1. The van der Waals surface area contributed by atoms with Gasteiger partial charge in [-0.15, -0.1) is 0 Å². The number of hydrogen-bond acceptors (Lipinski definition) is 4. The lowest BCUT2D eigenvalue weighted by Gasteiger charge is -2.35. The quantitative estimate of drug-likeness (QED) is 0.786. The standard InChI is InChI=1S/C20H28Cl2N4O2/c1-15-5-6-16(21)20(19(15)22)23-17(27)13-24-9-11-25(12-10-24)14-18(28)26-7-3-2-4-8-26/h5-6H,2-4,7-14H2,1H3,(H,23,27). The number of amides is 2. The number of nitrogens with zero attached hydrogens (tertiary/aromatic N) is 3. The van der Waals surface area contributed by atoms with E-state index >= 15 is 0 Å². The molecule has 2 fully saturated rings. The van der Waals surface area contributed by atoms with Gasteiger partial charge < -0.3 is 10.2 Å². The van der Waals surface area contributed by atoms with E-state index in [1.807, 2.05) is 17.9 Å². The van der Waals surface area contributed by atoms with Gasteiger partial charge in [-0.25, -0.2) is 0 Å². The number of piperidine rings is 1. The molecule has 1 aromatic rings. The zero-order chi connectivity index (χ0) is 20.1. The molecule has 2 aliphatic heterocycles. The van der Waals surface area contributed by atoms with Crippen LogP contribution in [-0.4, -0.2) is 78.9 Å². The van der Waals surface area contributed by atoms with Crippen LogP contribution in [0.25, 0.3) is 0 Å². The van der Waals surface area contributed by atoms with E-state index in [-0.39, 0.29) is 18.4 Å². The number of nitrogens with one attached hydrogen (secondary N) is 1. The zero-order valence-electron chi connectivity index (χ0n) is 16.3. The lowest BCUT2D eigenvalue weighted by molar-refractivity contribution is -0.134. The van der Waals surface area contributed by atoms with Gasteiger partial charge in [0.2, 0.25) is 11.8 Å². The number of halogens is 2. The number of aryl methyl sites for hydroxylation is 1. The van der Waals surface area contributed by atoms with Crippen molar-refractivity contribution in [3.05, 3.63) is 27.7 Å². The predicted octanol–water partition coefficient (Wildman–Crippen LogP) is 2.87. The number of anilines is 1. The lowest BCUT2D eigenvalue weighted by atomic mass is 10.1. The van der Waals surface area contributed by atoms with Gasteiger partial charge in [0.25, 0.3) is 0 Å². The monoisotopic (exact) mass is 426 g/mol. The minimum Gasteiger partial charge on any atom is -0.342 e. The van der Waals surface area contributed by atoms with Gasteiger partial charge in [-0.05, 0) is 37.8 Å². The van der Waals surface area contributed by atoms with E-state index in [0.29, 0.717) is 22.3 Å². The van der Waals surface area contributed by atoms with Gasteiger partial charge in [0.05, 0.1) is 28.8 Å². The summed E-state index contributed by atoms with van der Waals surface area (Å²) >= 11 is 12.4. The second-order valence-electron chi connectivity index (χ2n) is 7.60. The molecule has 2 amide bonds. The van der Waals surface area contributed by atoms with Crippen molar-refractivity contribution in [2.75, 3.05) is 57.7 Å². The van der Waals surface area contributed by atoms with Crippen molar-refractivity contribution in [2.45, 2.75) is 26.2 Å².